The zero-order valence-corrected chi connectivity index (χ0v) is 16.7. The van der Waals surface area contributed by atoms with Crippen LogP contribution in [-0.4, -0.2) is 5.97 Å². The van der Waals surface area contributed by atoms with Crippen molar-refractivity contribution in [3.63, 3.8) is 0 Å². The van der Waals surface area contributed by atoms with Crippen LogP contribution in [0.4, 0.5) is 0 Å². The normalized spacial score (nSPS) is 12.2. The Kier molecular flexibility index (Phi) is 22.5. The molecular weight excluding hydrogens is 295 g/mol. The van der Waals surface area contributed by atoms with Crippen molar-refractivity contribution in [2.45, 2.75) is 58.3 Å². The van der Waals surface area contributed by atoms with Crippen LogP contribution in [0.5, 0.6) is 0 Å². The zero-order chi connectivity index (χ0) is 16.3. The number of allylic oxidation sites excluding steroid dienone is 9. The molecule has 0 aliphatic rings. The van der Waals surface area contributed by atoms with E-state index in [1.807, 2.05) is 24.3 Å². The van der Waals surface area contributed by atoms with Crippen molar-refractivity contribution >= 4 is 5.97 Å². The summed E-state index contributed by atoms with van der Waals surface area (Å²) in [7, 11) is 0. The molecule has 0 heterocycles. The van der Waals surface area contributed by atoms with E-state index >= 15 is 0 Å². The first-order valence-electron chi connectivity index (χ1n) is 8.31. The molecule has 0 amide bonds. The summed E-state index contributed by atoms with van der Waals surface area (Å²) in [4.78, 5) is 10.1. The summed E-state index contributed by atoms with van der Waals surface area (Å²) in [5.74, 6) is -1.18. The summed E-state index contributed by atoms with van der Waals surface area (Å²) in [6.45, 7) is 2.25. The second-order valence-corrected chi connectivity index (χ2v) is 5.17. The van der Waals surface area contributed by atoms with Crippen LogP contribution in [0.2, 0.25) is 0 Å². The van der Waals surface area contributed by atoms with Crippen LogP contribution in [-0.2, 0) is 4.79 Å². The van der Waals surface area contributed by atoms with Gasteiger partial charge in [0.15, 0.2) is 0 Å². The maximum Gasteiger partial charge on any atom is 1.00 e. The first-order valence-corrected chi connectivity index (χ1v) is 8.31. The number of carboxylic acids is 1. The van der Waals surface area contributed by atoms with E-state index in [1.165, 1.54) is 51.0 Å². The first-order chi connectivity index (χ1) is 10.8. The maximum absolute atomic E-state index is 10.1. The minimum atomic E-state index is -1.18. The van der Waals surface area contributed by atoms with Gasteiger partial charge in [-0.05, 0) is 18.9 Å². The van der Waals surface area contributed by atoms with E-state index in [1.54, 1.807) is 12.2 Å². The molecule has 0 aromatic rings. The molecule has 0 bridgehead atoms. The average molecular weight is 324 g/mol. The van der Waals surface area contributed by atoms with Gasteiger partial charge in [0.1, 0.15) is 0 Å². The Hall–Kier alpha value is -0.830. The van der Waals surface area contributed by atoms with Crippen LogP contribution in [0.3, 0.4) is 0 Å². The summed E-state index contributed by atoms with van der Waals surface area (Å²) in [5.41, 5.74) is 0. The van der Waals surface area contributed by atoms with Gasteiger partial charge in [-0.1, -0.05) is 100 Å². The number of carbonyl (C=O) groups is 1. The zero-order valence-electron chi connectivity index (χ0n) is 14.7. The van der Waals surface area contributed by atoms with Crippen LogP contribution in [0, 0.1) is 0 Å². The number of hydrogen-bond donors (Lipinski definition) is 0. The molecule has 0 unspecified atom stereocenters. The molecule has 23 heavy (non-hydrogen) atoms. The third-order valence-corrected chi connectivity index (χ3v) is 3.12. The summed E-state index contributed by atoms with van der Waals surface area (Å²) < 4.78 is 0. The molecule has 0 radical (unpaired) electrons. The van der Waals surface area contributed by atoms with Gasteiger partial charge in [0, 0.05) is 0 Å². The van der Waals surface area contributed by atoms with E-state index in [0.717, 1.165) is 12.5 Å². The second kappa shape index (κ2) is 21.2. The molecule has 0 spiro atoms. The smallest absolute Gasteiger partial charge is 0.545 e. The number of hydrogen-bond acceptors (Lipinski definition) is 2. The largest absolute Gasteiger partial charge is 1.00 e. The van der Waals surface area contributed by atoms with Gasteiger partial charge in [-0.3, -0.25) is 0 Å². The quantitative estimate of drug-likeness (QED) is 0.224. The Bertz CT molecular complexity index is 404. The average Bonchev–Trinajstić information content (AvgIpc) is 2.50. The topological polar surface area (TPSA) is 40.1 Å². The second-order valence-electron chi connectivity index (χ2n) is 5.17. The predicted octanol–water partition coefficient (Wildman–Crippen LogP) is 1.66. The van der Waals surface area contributed by atoms with Gasteiger partial charge >= 0.3 is 29.6 Å². The molecule has 0 saturated carbocycles. The van der Waals surface area contributed by atoms with Crippen LogP contribution >= 0.6 is 0 Å². The molecule has 0 aromatic carbocycles. The molecule has 0 saturated heterocycles. The van der Waals surface area contributed by atoms with Gasteiger partial charge in [0.25, 0.3) is 0 Å². The minimum absolute atomic E-state index is 0. The van der Waals surface area contributed by atoms with Crippen LogP contribution in [0.25, 0.3) is 0 Å². The number of carbonyl (C=O) groups excluding carboxylic acids is 1. The van der Waals surface area contributed by atoms with Crippen molar-refractivity contribution in [1.82, 2.24) is 0 Å². The van der Waals surface area contributed by atoms with Gasteiger partial charge < -0.3 is 9.90 Å². The van der Waals surface area contributed by atoms with Crippen LogP contribution < -0.4 is 34.7 Å². The van der Waals surface area contributed by atoms with Gasteiger partial charge in [0.05, 0.1) is 5.97 Å². The van der Waals surface area contributed by atoms with Gasteiger partial charge in [-0.25, -0.2) is 0 Å². The van der Waals surface area contributed by atoms with E-state index in [2.05, 4.69) is 19.1 Å². The molecule has 122 valence electrons. The number of unbranched alkanes of at least 4 members (excludes halogenated alkanes) is 7. The van der Waals surface area contributed by atoms with Crippen molar-refractivity contribution in [2.24, 2.45) is 0 Å². The van der Waals surface area contributed by atoms with Crippen molar-refractivity contribution in [1.29, 1.82) is 0 Å². The standard InChI is InChI=1S/C20H30O2.Na/c1-2-3-4-5-6-7-8-9-10-11-12-13-14-15-16-17-18-19-20(21)22;/h10-19H,2-9H2,1H3,(H,21,22);/q;+1/p-1/b11-10+,13-12+,15-14+,17-16+,19-18+;. The van der Waals surface area contributed by atoms with Gasteiger partial charge in [-0.2, -0.15) is 0 Å². The molecule has 0 atom stereocenters. The molecule has 0 aliphatic carbocycles. The Morgan fingerprint density at radius 1 is 0.739 bits per heavy atom. The fourth-order valence-electron chi connectivity index (χ4n) is 1.91. The molecule has 2 nitrogen and oxygen atoms in total. The van der Waals surface area contributed by atoms with Crippen molar-refractivity contribution in [2.75, 3.05) is 0 Å². The Morgan fingerprint density at radius 3 is 1.78 bits per heavy atom. The number of aliphatic carboxylic acids is 1. The van der Waals surface area contributed by atoms with E-state index in [-0.39, 0.29) is 29.6 Å². The SMILES string of the molecule is CCCCCCCCC/C=C/C=C/C=C/C=C/C=C/C(=O)[O-].[Na+]. The molecule has 0 aromatic heterocycles. The summed E-state index contributed by atoms with van der Waals surface area (Å²) in [6.07, 6.45) is 28.4. The first kappa shape index (κ1) is 24.4. The summed E-state index contributed by atoms with van der Waals surface area (Å²) in [6, 6.07) is 0. The number of rotatable bonds is 13. The molecule has 0 fully saturated rings. The number of carboxylic acid groups (broad SMARTS) is 1. The molecule has 0 aliphatic heterocycles. The Morgan fingerprint density at radius 2 is 1.22 bits per heavy atom. The van der Waals surface area contributed by atoms with Crippen molar-refractivity contribution in [3.05, 3.63) is 60.8 Å². The van der Waals surface area contributed by atoms with Crippen molar-refractivity contribution < 1.29 is 39.5 Å². The van der Waals surface area contributed by atoms with Gasteiger partial charge in [0.2, 0.25) is 0 Å². The summed E-state index contributed by atoms with van der Waals surface area (Å²) >= 11 is 0. The monoisotopic (exact) mass is 324 g/mol. The maximum atomic E-state index is 10.1. The minimum Gasteiger partial charge on any atom is -0.545 e. The fraction of sp³-hybridized carbons (Fsp3) is 0.450. The van der Waals surface area contributed by atoms with Crippen LogP contribution in [0.1, 0.15) is 58.3 Å². The van der Waals surface area contributed by atoms with E-state index in [4.69, 9.17) is 0 Å². The summed E-state index contributed by atoms with van der Waals surface area (Å²) in [5, 5.41) is 10.1. The Labute approximate surface area is 164 Å². The van der Waals surface area contributed by atoms with Gasteiger partial charge in [-0.15, -0.1) is 0 Å². The van der Waals surface area contributed by atoms with E-state index < -0.39 is 5.97 Å². The fourth-order valence-corrected chi connectivity index (χ4v) is 1.91. The predicted molar refractivity (Wildman–Crippen MR) is 93.3 cm³/mol. The molecule has 3 heteroatoms. The third kappa shape index (κ3) is 23.6. The van der Waals surface area contributed by atoms with Crippen LogP contribution in [0.15, 0.2) is 60.8 Å². The van der Waals surface area contributed by atoms with E-state index in [9.17, 15) is 9.90 Å². The Balaban J connectivity index is 0. The van der Waals surface area contributed by atoms with Crippen molar-refractivity contribution in [3.8, 4) is 0 Å². The van der Waals surface area contributed by atoms with E-state index in [0.29, 0.717) is 0 Å². The molecule has 0 rings (SSSR count). The third-order valence-electron chi connectivity index (χ3n) is 3.12. The molecular formula is C20H29NaO2. The molecule has 0 N–H and O–H groups in total.